The summed E-state index contributed by atoms with van der Waals surface area (Å²) in [6.07, 6.45) is 0.761. The first-order chi connectivity index (χ1) is 10.8. The van der Waals surface area contributed by atoms with E-state index < -0.39 is 0 Å². The number of fused-ring (bicyclic) bond motifs is 3. The van der Waals surface area contributed by atoms with Gasteiger partial charge in [-0.3, -0.25) is 14.7 Å². The molecule has 0 spiro atoms. The number of carbonyl (C=O) groups excluding carboxylic acids is 1. The van der Waals surface area contributed by atoms with Gasteiger partial charge in [-0.2, -0.15) is 0 Å². The number of aromatic amines is 1. The van der Waals surface area contributed by atoms with E-state index in [2.05, 4.69) is 15.3 Å². The van der Waals surface area contributed by atoms with Crippen molar-refractivity contribution in [3.8, 4) is 5.69 Å². The van der Waals surface area contributed by atoms with E-state index in [-0.39, 0.29) is 11.1 Å². The number of carbonyl (C=O) groups is 1. The smallest absolute Gasteiger partial charge is 0.298 e. The molecule has 0 unspecified atom stereocenters. The standard InChI is InChI=1S/C16H10N4O2/c21-9-10-5-7-11(8-6-10)20-16(22)15-14(19-20)12-3-1-2-4-13(12)17-18-15/h1-9,19H. The molecule has 6 nitrogen and oxygen atoms in total. The number of hydrogen-bond donors (Lipinski definition) is 1. The zero-order chi connectivity index (χ0) is 15.1. The number of aldehydes is 1. The van der Waals surface area contributed by atoms with E-state index >= 15 is 0 Å². The van der Waals surface area contributed by atoms with Crippen LogP contribution in [0.2, 0.25) is 0 Å². The third kappa shape index (κ3) is 1.74. The Morgan fingerprint density at radius 2 is 1.77 bits per heavy atom. The fourth-order valence-electron chi connectivity index (χ4n) is 2.47. The van der Waals surface area contributed by atoms with E-state index in [1.807, 2.05) is 24.3 Å². The molecule has 6 heteroatoms. The SMILES string of the molecule is O=Cc1ccc(-n2[nH]c3c(nnc4ccccc43)c2=O)cc1. The molecule has 2 aromatic heterocycles. The quantitative estimate of drug-likeness (QED) is 0.573. The van der Waals surface area contributed by atoms with Crippen molar-refractivity contribution in [2.45, 2.75) is 0 Å². The highest BCUT2D eigenvalue weighted by atomic mass is 16.1. The van der Waals surface area contributed by atoms with Crippen LogP contribution in [0.4, 0.5) is 0 Å². The fraction of sp³-hybridized carbons (Fsp3) is 0. The lowest BCUT2D eigenvalue weighted by Gasteiger charge is -2.01. The van der Waals surface area contributed by atoms with E-state index in [1.165, 1.54) is 4.68 Å². The molecular formula is C16H10N4O2. The highest BCUT2D eigenvalue weighted by molar-refractivity contribution is 6.00. The highest BCUT2D eigenvalue weighted by Crippen LogP contribution is 2.18. The van der Waals surface area contributed by atoms with Crippen molar-refractivity contribution in [2.24, 2.45) is 0 Å². The lowest BCUT2D eigenvalue weighted by molar-refractivity contribution is 0.112. The second-order valence-electron chi connectivity index (χ2n) is 4.90. The van der Waals surface area contributed by atoms with Crippen LogP contribution < -0.4 is 5.56 Å². The van der Waals surface area contributed by atoms with Crippen molar-refractivity contribution in [3.05, 3.63) is 64.4 Å². The monoisotopic (exact) mass is 290 g/mol. The summed E-state index contributed by atoms with van der Waals surface area (Å²) in [5.74, 6) is 0. The number of nitrogens with zero attached hydrogens (tertiary/aromatic N) is 3. The third-order valence-electron chi connectivity index (χ3n) is 3.58. The van der Waals surface area contributed by atoms with Gasteiger partial charge in [0.15, 0.2) is 5.52 Å². The number of H-pyrrole nitrogens is 1. The molecule has 0 fully saturated rings. The minimum atomic E-state index is -0.271. The van der Waals surface area contributed by atoms with Gasteiger partial charge < -0.3 is 0 Å². The van der Waals surface area contributed by atoms with Crippen LogP contribution in [0, 0.1) is 0 Å². The summed E-state index contributed by atoms with van der Waals surface area (Å²) < 4.78 is 1.40. The van der Waals surface area contributed by atoms with E-state index in [0.29, 0.717) is 16.8 Å². The first-order valence-corrected chi connectivity index (χ1v) is 6.70. The first kappa shape index (κ1) is 12.5. The Kier molecular flexibility index (Phi) is 2.62. The molecule has 1 N–H and O–H groups in total. The molecule has 0 amide bonds. The molecule has 0 aliphatic carbocycles. The Morgan fingerprint density at radius 1 is 1.00 bits per heavy atom. The molecule has 2 aromatic carbocycles. The van der Waals surface area contributed by atoms with Gasteiger partial charge in [0.05, 0.1) is 16.7 Å². The maximum Gasteiger partial charge on any atom is 0.299 e. The molecule has 0 saturated carbocycles. The van der Waals surface area contributed by atoms with E-state index in [9.17, 15) is 9.59 Å². The number of hydrogen-bond acceptors (Lipinski definition) is 4. The molecule has 2 heterocycles. The molecule has 106 valence electrons. The average molecular weight is 290 g/mol. The number of benzene rings is 2. The summed E-state index contributed by atoms with van der Waals surface area (Å²) in [5, 5.41) is 12.0. The minimum absolute atomic E-state index is 0.271. The highest BCUT2D eigenvalue weighted by Gasteiger charge is 2.13. The summed E-state index contributed by atoms with van der Waals surface area (Å²) in [5.41, 5.74) is 2.58. The van der Waals surface area contributed by atoms with Crippen LogP contribution in [0.5, 0.6) is 0 Å². The Balaban J connectivity index is 2.02. The Hall–Kier alpha value is -3.28. The van der Waals surface area contributed by atoms with Gasteiger partial charge in [0.1, 0.15) is 6.29 Å². The van der Waals surface area contributed by atoms with Crippen molar-refractivity contribution in [1.82, 2.24) is 20.0 Å². The van der Waals surface area contributed by atoms with Crippen LogP contribution in [-0.2, 0) is 0 Å². The second kappa shape index (κ2) is 4.63. The van der Waals surface area contributed by atoms with Crippen molar-refractivity contribution >= 4 is 28.2 Å². The number of aromatic nitrogens is 4. The largest absolute Gasteiger partial charge is 0.299 e. The maximum absolute atomic E-state index is 12.5. The topological polar surface area (TPSA) is 80.6 Å². The summed E-state index contributed by atoms with van der Waals surface area (Å²) in [4.78, 5) is 23.2. The van der Waals surface area contributed by atoms with E-state index in [0.717, 1.165) is 17.2 Å². The predicted molar refractivity (Wildman–Crippen MR) is 82.4 cm³/mol. The van der Waals surface area contributed by atoms with Gasteiger partial charge in [0, 0.05) is 10.9 Å². The van der Waals surface area contributed by atoms with Gasteiger partial charge in [-0.1, -0.05) is 18.2 Å². The molecule has 0 radical (unpaired) electrons. The van der Waals surface area contributed by atoms with Crippen molar-refractivity contribution < 1.29 is 4.79 Å². The van der Waals surface area contributed by atoms with Gasteiger partial charge in [0.2, 0.25) is 0 Å². The van der Waals surface area contributed by atoms with Gasteiger partial charge >= 0.3 is 0 Å². The van der Waals surface area contributed by atoms with Crippen molar-refractivity contribution in [3.63, 3.8) is 0 Å². The lowest BCUT2D eigenvalue weighted by Crippen LogP contribution is -2.14. The zero-order valence-corrected chi connectivity index (χ0v) is 11.4. The molecule has 0 saturated heterocycles. The molecule has 4 rings (SSSR count). The van der Waals surface area contributed by atoms with Gasteiger partial charge in [-0.05, 0) is 30.3 Å². The van der Waals surface area contributed by atoms with E-state index in [4.69, 9.17) is 0 Å². The van der Waals surface area contributed by atoms with Crippen LogP contribution in [0.3, 0.4) is 0 Å². The summed E-state index contributed by atoms with van der Waals surface area (Å²) in [6.45, 7) is 0. The van der Waals surface area contributed by atoms with Crippen LogP contribution in [0.15, 0.2) is 53.3 Å². The van der Waals surface area contributed by atoms with Crippen LogP contribution >= 0.6 is 0 Å². The first-order valence-electron chi connectivity index (χ1n) is 6.70. The Bertz CT molecular complexity index is 1060. The van der Waals surface area contributed by atoms with Crippen LogP contribution in [-0.4, -0.2) is 26.3 Å². The van der Waals surface area contributed by atoms with Crippen molar-refractivity contribution in [1.29, 1.82) is 0 Å². The predicted octanol–water partition coefficient (Wildman–Crippen LogP) is 2.07. The maximum atomic E-state index is 12.5. The third-order valence-corrected chi connectivity index (χ3v) is 3.58. The summed E-state index contributed by atoms with van der Waals surface area (Å²) in [7, 11) is 0. The molecule has 4 aromatic rings. The molecule has 0 aliphatic rings. The van der Waals surface area contributed by atoms with Crippen molar-refractivity contribution in [2.75, 3.05) is 0 Å². The normalized spacial score (nSPS) is 11.1. The zero-order valence-electron chi connectivity index (χ0n) is 11.4. The van der Waals surface area contributed by atoms with Gasteiger partial charge in [0.25, 0.3) is 5.56 Å². The molecular weight excluding hydrogens is 280 g/mol. The van der Waals surface area contributed by atoms with Gasteiger partial charge in [-0.15, -0.1) is 10.2 Å². The Morgan fingerprint density at radius 3 is 2.55 bits per heavy atom. The fourth-order valence-corrected chi connectivity index (χ4v) is 2.47. The molecule has 0 bridgehead atoms. The van der Waals surface area contributed by atoms with Crippen LogP contribution in [0.1, 0.15) is 10.4 Å². The molecule has 22 heavy (non-hydrogen) atoms. The summed E-state index contributed by atoms with van der Waals surface area (Å²) in [6, 6.07) is 14.2. The lowest BCUT2D eigenvalue weighted by atomic mass is 10.2. The minimum Gasteiger partial charge on any atom is -0.298 e. The molecule has 0 atom stereocenters. The average Bonchev–Trinajstić information content (AvgIpc) is 2.92. The number of rotatable bonds is 2. The Labute approximate surface area is 124 Å². The second-order valence-corrected chi connectivity index (χ2v) is 4.90. The van der Waals surface area contributed by atoms with Crippen LogP contribution in [0.25, 0.3) is 27.6 Å². The summed E-state index contributed by atoms with van der Waals surface area (Å²) >= 11 is 0. The number of nitrogens with one attached hydrogen (secondary N) is 1. The van der Waals surface area contributed by atoms with E-state index in [1.54, 1.807) is 24.3 Å². The molecule has 0 aliphatic heterocycles. The van der Waals surface area contributed by atoms with Gasteiger partial charge in [-0.25, -0.2) is 4.68 Å².